The number of likely N-dealkylation sites (tertiary alicyclic amines) is 1. The fourth-order valence-electron chi connectivity index (χ4n) is 5.99. The molecule has 1 heterocycles. The Hall–Kier alpha value is -1.35. The first-order chi connectivity index (χ1) is 13.0. The van der Waals surface area contributed by atoms with Crippen LogP contribution in [0, 0.1) is 11.3 Å². The molecule has 0 atom stereocenters. The predicted octanol–water partition coefficient (Wildman–Crippen LogP) is 4.51. The monoisotopic (exact) mass is 368 g/mol. The fourth-order valence-corrected chi connectivity index (χ4v) is 5.99. The first-order valence-corrected chi connectivity index (χ1v) is 11.0. The summed E-state index contributed by atoms with van der Waals surface area (Å²) in [4.78, 5) is 18.0. The number of carbonyl (C=O) groups excluding carboxylic acids is 1. The summed E-state index contributed by atoms with van der Waals surface area (Å²) in [6, 6.07) is 10.9. The second kappa shape index (κ2) is 7.58. The van der Waals surface area contributed by atoms with Crippen LogP contribution in [0.25, 0.3) is 0 Å². The summed E-state index contributed by atoms with van der Waals surface area (Å²) in [6.45, 7) is 2.03. The van der Waals surface area contributed by atoms with Crippen molar-refractivity contribution in [2.24, 2.45) is 11.3 Å². The summed E-state index contributed by atoms with van der Waals surface area (Å²) in [7, 11) is 4.45. The molecule has 1 amide bonds. The average molecular weight is 369 g/mol. The highest BCUT2D eigenvalue weighted by atomic mass is 16.2. The van der Waals surface area contributed by atoms with Gasteiger partial charge in [-0.25, -0.2) is 0 Å². The van der Waals surface area contributed by atoms with Gasteiger partial charge in [-0.3, -0.25) is 4.79 Å². The summed E-state index contributed by atoms with van der Waals surface area (Å²) in [6.07, 6.45) is 12.0. The number of carbonyl (C=O) groups is 1. The molecule has 3 heteroatoms. The number of benzene rings is 1. The van der Waals surface area contributed by atoms with Gasteiger partial charge in [-0.2, -0.15) is 0 Å². The Morgan fingerprint density at radius 1 is 1.00 bits per heavy atom. The van der Waals surface area contributed by atoms with Crippen molar-refractivity contribution in [2.45, 2.75) is 69.7 Å². The van der Waals surface area contributed by atoms with Crippen LogP contribution in [0.5, 0.6) is 0 Å². The largest absolute Gasteiger partial charge is 0.342 e. The Kier molecular flexibility index (Phi) is 5.33. The molecule has 148 valence electrons. The second-order valence-corrected chi connectivity index (χ2v) is 9.71. The van der Waals surface area contributed by atoms with Gasteiger partial charge >= 0.3 is 0 Å². The SMILES string of the molecule is CN(C)C1(Cc2ccccc2)CCC2(CCN(CC3CCCC3)C2=O)CC1. The van der Waals surface area contributed by atoms with Crippen LogP contribution in [-0.4, -0.2) is 48.4 Å². The van der Waals surface area contributed by atoms with Crippen LogP contribution in [0.1, 0.15) is 63.4 Å². The van der Waals surface area contributed by atoms with Crippen molar-refractivity contribution in [3.63, 3.8) is 0 Å². The maximum atomic E-state index is 13.3. The lowest BCUT2D eigenvalue weighted by atomic mass is 9.64. The smallest absolute Gasteiger partial charge is 0.228 e. The Morgan fingerprint density at radius 3 is 2.30 bits per heavy atom. The molecule has 27 heavy (non-hydrogen) atoms. The Bertz CT molecular complexity index is 640. The minimum Gasteiger partial charge on any atom is -0.342 e. The molecular weight excluding hydrogens is 332 g/mol. The van der Waals surface area contributed by atoms with Crippen LogP contribution in [0.2, 0.25) is 0 Å². The quantitative estimate of drug-likeness (QED) is 0.763. The van der Waals surface area contributed by atoms with Gasteiger partial charge in [-0.1, -0.05) is 43.2 Å². The van der Waals surface area contributed by atoms with E-state index in [9.17, 15) is 4.79 Å². The lowest BCUT2D eigenvalue weighted by Gasteiger charge is -2.48. The highest BCUT2D eigenvalue weighted by molar-refractivity contribution is 5.85. The number of amides is 1. The van der Waals surface area contributed by atoms with Crippen LogP contribution in [0.15, 0.2) is 30.3 Å². The Labute approximate surface area is 165 Å². The van der Waals surface area contributed by atoms with Crippen molar-refractivity contribution in [3.05, 3.63) is 35.9 Å². The van der Waals surface area contributed by atoms with E-state index < -0.39 is 0 Å². The standard InChI is InChI=1S/C24H36N2O/c1-25(2)24(18-20-8-4-3-5-9-20)14-12-23(13-15-24)16-17-26(22(23)27)19-21-10-6-7-11-21/h3-5,8-9,21H,6-7,10-19H2,1-2H3. The van der Waals surface area contributed by atoms with Crippen LogP contribution in [0.4, 0.5) is 0 Å². The molecule has 3 fully saturated rings. The summed E-state index contributed by atoms with van der Waals surface area (Å²) >= 11 is 0. The zero-order valence-corrected chi connectivity index (χ0v) is 17.3. The lowest BCUT2D eigenvalue weighted by molar-refractivity contribution is -0.139. The number of hydrogen-bond donors (Lipinski definition) is 0. The molecule has 1 aromatic rings. The molecule has 1 aromatic carbocycles. The molecule has 1 aliphatic heterocycles. The van der Waals surface area contributed by atoms with Crippen molar-refractivity contribution in [1.29, 1.82) is 0 Å². The topological polar surface area (TPSA) is 23.6 Å². The molecule has 0 aromatic heterocycles. The van der Waals surface area contributed by atoms with Gasteiger partial charge in [0.15, 0.2) is 0 Å². The van der Waals surface area contributed by atoms with Crippen molar-refractivity contribution in [1.82, 2.24) is 9.80 Å². The third kappa shape index (κ3) is 3.68. The van der Waals surface area contributed by atoms with E-state index in [-0.39, 0.29) is 11.0 Å². The zero-order chi connectivity index (χ0) is 18.9. The summed E-state index contributed by atoms with van der Waals surface area (Å²) in [5.41, 5.74) is 1.57. The molecule has 1 spiro atoms. The van der Waals surface area contributed by atoms with E-state index in [1.807, 2.05) is 0 Å². The highest BCUT2D eigenvalue weighted by Crippen LogP contribution is 2.50. The fraction of sp³-hybridized carbons (Fsp3) is 0.708. The van der Waals surface area contributed by atoms with Gasteiger partial charge in [0.1, 0.15) is 0 Å². The molecule has 4 rings (SSSR count). The molecule has 3 aliphatic rings. The van der Waals surface area contributed by atoms with Gasteiger partial charge in [0.05, 0.1) is 5.41 Å². The molecule has 0 N–H and O–H groups in total. The predicted molar refractivity (Wildman–Crippen MR) is 111 cm³/mol. The minimum absolute atomic E-state index is 0.0468. The normalized spacial score (nSPS) is 32.1. The maximum absolute atomic E-state index is 13.3. The van der Waals surface area contributed by atoms with E-state index in [2.05, 4.69) is 54.2 Å². The summed E-state index contributed by atoms with van der Waals surface area (Å²) < 4.78 is 0. The van der Waals surface area contributed by atoms with Crippen molar-refractivity contribution >= 4 is 5.91 Å². The van der Waals surface area contributed by atoms with Crippen molar-refractivity contribution in [2.75, 3.05) is 27.2 Å². The van der Waals surface area contributed by atoms with Gasteiger partial charge in [-0.15, -0.1) is 0 Å². The van der Waals surface area contributed by atoms with E-state index in [1.165, 1.54) is 31.2 Å². The molecule has 0 bridgehead atoms. The van der Waals surface area contributed by atoms with Crippen LogP contribution >= 0.6 is 0 Å². The molecule has 2 saturated carbocycles. The van der Waals surface area contributed by atoms with Crippen LogP contribution < -0.4 is 0 Å². The van der Waals surface area contributed by atoms with Crippen LogP contribution in [0.3, 0.4) is 0 Å². The number of likely N-dealkylation sites (N-methyl/N-ethyl adjacent to an activating group) is 1. The van der Waals surface area contributed by atoms with Crippen LogP contribution in [-0.2, 0) is 11.2 Å². The van der Waals surface area contributed by atoms with Gasteiger partial charge in [0.25, 0.3) is 0 Å². The molecule has 0 radical (unpaired) electrons. The third-order valence-electron chi connectivity index (χ3n) is 8.02. The second-order valence-electron chi connectivity index (χ2n) is 9.71. The molecule has 3 nitrogen and oxygen atoms in total. The van der Waals surface area contributed by atoms with Gasteiger partial charge in [0.2, 0.25) is 5.91 Å². The van der Waals surface area contributed by atoms with Crippen molar-refractivity contribution < 1.29 is 4.79 Å². The molecular formula is C24H36N2O. The zero-order valence-electron chi connectivity index (χ0n) is 17.3. The average Bonchev–Trinajstić information content (AvgIpc) is 3.29. The van der Waals surface area contributed by atoms with E-state index in [1.54, 1.807) is 0 Å². The van der Waals surface area contributed by atoms with Gasteiger partial charge in [0, 0.05) is 18.6 Å². The van der Waals surface area contributed by atoms with Gasteiger partial charge in [-0.05, 0) is 76.9 Å². The minimum atomic E-state index is -0.0468. The number of nitrogens with zero attached hydrogens (tertiary/aromatic N) is 2. The van der Waals surface area contributed by atoms with E-state index in [0.717, 1.165) is 57.5 Å². The van der Waals surface area contributed by atoms with Gasteiger partial charge < -0.3 is 9.80 Å². The molecule has 1 saturated heterocycles. The van der Waals surface area contributed by atoms with E-state index >= 15 is 0 Å². The highest BCUT2D eigenvalue weighted by Gasteiger charge is 2.52. The summed E-state index contributed by atoms with van der Waals surface area (Å²) in [5.74, 6) is 1.26. The molecule has 2 aliphatic carbocycles. The first kappa shape index (κ1) is 19.0. The number of hydrogen-bond acceptors (Lipinski definition) is 2. The first-order valence-electron chi connectivity index (χ1n) is 11.0. The summed E-state index contributed by atoms with van der Waals surface area (Å²) in [5, 5.41) is 0. The number of rotatable bonds is 5. The maximum Gasteiger partial charge on any atom is 0.228 e. The van der Waals surface area contributed by atoms with E-state index in [0.29, 0.717) is 5.91 Å². The Morgan fingerprint density at radius 2 is 1.67 bits per heavy atom. The van der Waals surface area contributed by atoms with Crippen molar-refractivity contribution in [3.8, 4) is 0 Å². The lowest BCUT2D eigenvalue weighted by Crippen LogP contribution is -2.52. The van der Waals surface area contributed by atoms with E-state index in [4.69, 9.17) is 0 Å². The third-order valence-corrected chi connectivity index (χ3v) is 8.02. The molecule has 0 unspecified atom stereocenters. The Balaban J connectivity index is 1.42.